The Morgan fingerprint density at radius 1 is 1.42 bits per heavy atom. The number of hydrogen-bond acceptors (Lipinski definition) is 4. The maximum Gasteiger partial charge on any atom is 0.230 e. The fraction of sp³-hybridized carbons (Fsp3) is 0.611. The Labute approximate surface area is 148 Å². The van der Waals surface area contributed by atoms with E-state index in [1.54, 1.807) is 0 Å². The zero-order valence-corrected chi connectivity index (χ0v) is 15.0. The molecule has 0 bridgehead atoms. The lowest BCUT2D eigenvalue weighted by Crippen LogP contribution is -2.26. The number of carbonyl (C=O) groups excluding carboxylic acids is 1. The Morgan fingerprint density at radius 3 is 3.00 bits per heavy atom. The van der Waals surface area contributed by atoms with Gasteiger partial charge in [0.1, 0.15) is 5.82 Å². The van der Waals surface area contributed by atoms with Crippen LogP contribution in [0.2, 0.25) is 0 Å². The Balaban J connectivity index is 1.44. The second-order valence-corrected chi connectivity index (χ2v) is 7.45. The van der Waals surface area contributed by atoms with Crippen LogP contribution < -0.4 is 5.32 Å². The van der Waals surface area contributed by atoms with Crippen LogP contribution in [0.15, 0.2) is 29.5 Å². The maximum absolute atomic E-state index is 12.1. The van der Waals surface area contributed by atoms with Crippen molar-refractivity contribution in [2.45, 2.75) is 62.6 Å². The molecule has 24 heavy (non-hydrogen) atoms. The summed E-state index contributed by atoms with van der Waals surface area (Å²) in [6.45, 7) is 5.25. The van der Waals surface area contributed by atoms with Gasteiger partial charge in [0.2, 0.25) is 5.91 Å². The van der Waals surface area contributed by atoms with Crippen LogP contribution in [0.1, 0.15) is 56.7 Å². The monoisotopic (exact) mass is 346 g/mol. The number of nitrogens with one attached hydrogen (secondary N) is 1. The van der Waals surface area contributed by atoms with Gasteiger partial charge in [-0.2, -0.15) is 0 Å². The fourth-order valence-corrected chi connectivity index (χ4v) is 3.81. The van der Waals surface area contributed by atoms with Crippen molar-refractivity contribution in [3.8, 4) is 0 Å². The van der Waals surface area contributed by atoms with Gasteiger partial charge in [-0.25, -0.2) is 0 Å². The van der Waals surface area contributed by atoms with E-state index in [-0.39, 0.29) is 5.91 Å². The quantitative estimate of drug-likeness (QED) is 0.550. The zero-order chi connectivity index (χ0) is 16.8. The lowest BCUT2D eigenvalue weighted by atomic mass is 9.97. The van der Waals surface area contributed by atoms with E-state index in [1.807, 2.05) is 6.08 Å². The van der Waals surface area contributed by atoms with Crippen molar-refractivity contribution >= 4 is 17.7 Å². The van der Waals surface area contributed by atoms with Crippen LogP contribution >= 0.6 is 11.8 Å². The summed E-state index contributed by atoms with van der Waals surface area (Å²) in [7, 11) is 0. The molecule has 2 aliphatic carbocycles. The van der Waals surface area contributed by atoms with Crippen molar-refractivity contribution in [2.75, 3.05) is 12.3 Å². The predicted molar refractivity (Wildman–Crippen MR) is 97.1 cm³/mol. The molecule has 3 rings (SSSR count). The minimum atomic E-state index is 0.0672. The minimum absolute atomic E-state index is 0.0672. The third kappa shape index (κ3) is 4.72. The van der Waals surface area contributed by atoms with Gasteiger partial charge in [0.15, 0.2) is 5.16 Å². The normalized spacial score (nSPS) is 17.4. The van der Waals surface area contributed by atoms with E-state index in [9.17, 15) is 4.79 Å². The van der Waals surface area contributed by atoms with Gasteiger partial charge in [0, 0.05) is 19.0 Å². The van der Waals surface area contributed by atoms with E-state index in [4.69, 9.17) is 0 Å². The number of hydrogen-bond donors (Lipinski definition) is 1. The molecule has 1 fully saturated rings. The van der Waals surface area contributed by atoms with E-state index in [1.165, 1.54) is 55.9 Å². The molecule has 5 nitrogen and oxygen atoms in total. The molecule has 1 saturated carbocycles. The Bertz CT molecular complexity index is 619. The average Bonchev–Trinajstić information content (AvgIpc) is 3.36. The van der Waals surface area contributed by atoms with Crippen molar-refractivity contribution < 1.29 is 4.79 Å². The van der Waals surface area contributed by atoms with Gasteiger partial charge in [0.05, 0.1) is 5.75 Å². The van der Waals surface area contributed by atoms with E-state index in [0.717, 1.165) is 23.9 Å². The molecule has 0 aliphatic heterocycles. The Kier molecular flexibility index (Phi) is 6.12. The lowest BCUT2D eigenvalue weighted by molar-refractivity contribution is -0.118. The number of aromatic nitrogens is 3. The molecule has 0 aromatic carbocycles. The van der Waals surface area contributed by atoms with Gasteiger partial charge in [-0.1, -0.05) is 29.5 Å². The number of nitrogens with zero attached hydrogens (tertiary/aromatic N) is 3. The molecule has 0 saturated heterocycles. The first-order valence-corrected chi connectivity index (χ1v) is 9.88. The number of thioether (sulfide) groups is 1. The summed E-state index contributed by atoms with van der Waals surface area (Å²) < 4.78 is 2.09. The highest BCUT2D eigenvalue weighted by Crippen LogP contribution is 2.40. The van der Waals surface area contributed by atoms with E-state index >= 15 is 0 Å². The minimum Gasteiger partial charge on any atom is -0.355 e. The van der Waals surface area contributed by atoms with Gasteiger partial charge in [-0.3, -0.25) is 4.79 Å². The van der Waals surface area contributed by atoms with Gasteiger partial charge in [0.25, 0.3) is 0 Å². The van der Waals surface area contributed by atoms with Crippen LogP contribution in [-0.2, 0) is 11.3 Å². The highest BCUT2D eigenvalue weighted by atomic mass is 32.2. The summed E-state index contributed by atoms with van der Waals surface area (Å²) in [6.07, 6.45) is 12.5. The Morgan fingerprint density at radius 2 is 2.29 bits per heavy atom. The highest BCUT2D eigenvalue weighted by molar-refractivity contribution is 7.99. The van der Waals surface area contributed by atoms with Crippen molar-refractivity contribution in [3.63, 3.8) is 0 Å². The third-order valence-corrected chi connectivity index (χ3v) is 5.45. The van der Waals surface area contributed by atoms with E-state index in [0.29, 0.717) is 18.2 Å². The molecule has 0 spiro atoms. The van der Waals surface area contributed by atoms with Crippen molar-refractivity contribution in [3.05, 3.63) is 30.1 Å². The molecule has 0 radical (unpaired) electrons. The summed E-state index contributed by atoms with van der Waals surface area (Å²) in [5.41, 5.74) is 1.49. The average molecular weight is 347 g/mol. The summed E-state index contributed by atoms with van der Waals surface area (Å²) in [6, 6.07) is 0. The molecule has 1 aromatic rings. The van der Waals surface area contributed by atoms with Gasteiger partial charge >= 0.3 is 0 Å². The zero-order valence-electron chi connectivity index (χ0n) is 14.2. The van der Waals surface area contributed by atoms with Crippen molar-refractivity contribution in [1.29, 1.82) is 0 Å². The van der Waals surface area contributed by atoms with E-state index in [2.05, 4.69) is 32.7 Å². The van der Waals surface area contributed by atoms with Crippen LogP contribution in [-0.4, -0.2) is 33.0 Å². The second-order valence-electron chi connectivity index (χ2n) is 6.51. The first kappa shape index (κ1) is 17.3. The third-order valence-electron chi connectivity index (χ3n) is 4.49. The van der Waals surface area contributed by atoms with E-state index < -0.39 is 0 Å². The topological polar surface area (TPSA) is 59.8 Å². The number of carbonyl (C=O) groups is 1. The summed E-state index contributed by atoms with van der Waals surface area (Å²) in [5.74, 6) is 2.04. The highest BCUT2D eigenvalue weighted by Gasteiger charge is 2.30. The summed E-state index contributed by atoms with van der Waals surface area (Å²) in [4.78, 5) is 12.1. The first-order valence-electron chi connectivity index (χ1n) is 8.89. The molecule has 1 aromatic heterocycles. The molecular formula is C18H26N4OS. The van der Waals surface area contributed by atoms with Gasteiger partial charge in [-0.05, 0) is 44.9 Å². The summed E-state index contributed by atoms with van der Waals surface area (Å²) in [5, 5.41) is 12.4. The van der Waals surface area contributed by atoms with Gasteiger partial charge in [-0.15, -0.1) is 16.8 Å². The maximum atomic E-state index is 12.1. The predicted octanol–water partition coefficient (Wildman–Crippen LogP) is 3.44. The number of allylic oxidation sites excluding steroid dienone is 2. The van der Waals surface area contributed by atoms with Crippen LogP contribution in [0.4, 0.5) is 0 Å². The Hall–Kier alpha value is -1.56. The molecule has 1 heterocycles. The largest absolute Gasteiger partial charge is 0.355 e. The summed E-state index contributed by atoms with van der Waals surface area (Å²) >= 11 is 1.46. The van der Waals surface area contributed by atoms with Gasteiger partial charge < -0.3 is 9.88 Å². The molecule has 0 unspecified atom stereocenters. The van der Waals surface area contributed by atoms with Crippen LogP contribution in [0.3, 0.4) is 0 Å². The molecular weight excluding hydrogens is 320 g/mol. The SMILES string of the molecule is C=CCn1c(SCC(=O)NCCC2=CCCCC2)nnc1C1CC1. The van der Waals surface area contributed by atoms with Crippen LogP contribution in [0, 0.1) is 0 Å². The molecule has 130 valence electrons. The molecule has 6 heteroatoms. The molecule has 0 atom stereocenters. The molecule has 1 amide bonds. The number of rotatable bonds is 9. The lowest BCUT2D eigenvalue weighted by Gasteiger charge is -2.13. The first-order chi connectivity index (χ1) is 11.8. The molecule has 1 N–H and O–H groups in total. The standard InChI is InChI=1S/C18H26N4OS/c1-2-12-22-17(15-8-9-15)20-21-18(22)24-13-16(23)19-11-10-14-6-4-3-5-7-14/h2,6,15H,1,3-5,7-13H2,(H,19,23). The van der Waals surface area contributed by atoms with Crippen molar-refractivity contribution in [2.24, 2.45) is 0 Å². The van der Waals surface area contributed by atoms with Crippen LogP contribution in [0.25, 0.3) is 0 Å². The second kappa shape index (κ2) is 8.51. The number of amides is 1. The van der Waals surface area contributed by atoms with Crippen molar-refractivity contribution in [1.82, 2.24) is 20.1 Å². The van der Waals surface area contributed by atoms with Crippen LogP contribution in [0.5, 0.6) is 0 Å². The smallest absolute Gasteiger partial charge is 0.230 e. The fourth-order valence-electron chi connectivity index (χ4n) is 3.03. The molecule has 2 aliphatic rings.